The van der Waals surface area contributed by atoms with E-state index in [0.29, 0.717) is 5.56 Å². The van der Waals surface area contributed by atoms with E-state index in [2.05, 4.69) is 0 Å². The van der Waals surface area contributed by atoms with Gasteiger partial charge in [0.05, 0.1) is 5.76 Å². The quantitative estimate of drug-likeness (QED) is 0.743. The highest BCUT2D eigenvalue weighted by Crippen LogP contribution is 2.25. The minimum absolute atomic E-state index is 0.00859. The third-order valence-electron chi connectivity index (χ3n) is 2.54. The van der Waals surface area contributed by atoms with Crippen molar-refractivity contribution in [2.75, 3.05) is 0 Å². The summed E-state index contributed by atoms with van der Waals surface area (Å²) in [5.74, 6) is -0.390. The molecular weight excluding hydrogens is 204 g/mol. The summed E-state index contributed by atoms with van der Waals surface area (Å²) in [6, 6.07) is 8.56. The van der Waals surface area contributed by atoms with Crippen LogP contribution in [0.3, 0.4) is 0 Å². The highest BCUT2D eigenvalue weighted by molar-refractivity contribution is 6.04. The van der Waals surface area contributed by atoms with Gasteiger partial charge < -0.3 is 10.2 Å². The van der Waals surface area contributed by atoms with Crippen LogP contribution in [0, 0.1) is 0 Å². The van der Waals surface area contributed by atoms with Crippen molar-refractivity contribution in [3.05, 3.63) is 59.9 Å². The van der Waals surface area contributed by atoms with Crippen molar-refractivity contribution in [1.29, 1.82) is 0 Å². The van der Waals surface area contributed by atoms with Gasteiger partial charge in [0.15, 0.2) is 11.4 Å². The van der Waals surface area contributed by atoms with E-state index in [0.717, 1.165) is 0 Å². The Morgan fingerprint density at radius 2 is 1.94 bits per heavy atom. The lowest BCUT2D eigenvalue weighted by molar-refractivity contribution is 0.0482. The summed E-state index contributed by atoms with van der Waals surface area (Å²) in [5.41, 5.74) is -1.19. The monoisotopic (exact) mass is 216 g/mol. The Morgan fingerprint density at radius 1 is 1.25 bits per heavy atom. The first-order valence-corrected chi connectivity index (χ1v) is 5.01. The fourth-order valence-corrected chi connectivity index (χ4v) is 1.71. The lowest BCUT2D eigenvalue weighted by Crippen LogP contribution is -2.38. The molecule has 3 nitrogen and oxygen atoms in total. The van der Waals surface area contributed by atoms with Crippen LogP contribution in [0.4, 0.5) is 0 Å². The number of benzene rings is 1. The van der Waals surface area contributed by atoms with Gasteiger partial charge in [0.1, 0.15) is 0 Å². The number of rotatable bonds is 2. The van der Waals surface area contributed by atoms with Crippen molar-refractivity contribution in [2.45, 2.75) is 12.0 Å². The van der Waals surface area contributed by atoms with Crippen LogP contribution in [0.2, 0.25) is 0 Å². The van der Waals surface area contributed by atoms with E-state index >= 15 is 0 Å². The number of allylic oxidation sites excluding steroid dienone is 2. The fourth-order valence-electron chi connectivity index (χ4n) is 1.71. The number of Topliss-reactive ketones (excluding diaryl/α,β-unsaturated/α-hetero) is 1. The molecule has 0 spiro atoms. The van der Waals surface area contributed by atoms with Gasteiger partial charge in [-0.15, -0.1) is 0 Å². The summed E-state index contributed by atoms with van der Waals surface area (Å²) in [5, 5.41) is 19.5. The molecule has 1 aromatic carbocycles. The van der Waals surface area contributed by atoms with Crippen molar-refractivity contribution in [1.82, 2.24) is 0 Å². The molecule has 82 valence electrons. The smallest absolute Gasteiger partial charge is 0.198 e. The maximum Gasteiger partial charge on any atom is 0.198 e. The molecule has 0 radical (unpaired) electrons. The van der Waals surface area contributed by atoms with Gasteiger partial charge in [-0.3, -0.25) is 4.79 Å². The molecule has 0 heterocycles. The van der Waals surface area contributed by atoms with E-state index in [1.54, 1.807) is 30.3 Å². The largest absolute Gasteiger partial charge is 0.512 e. The Labute approximate surface area is 93.4 Å². The van der Waals surface area contributed by atoms with Crippen LogP contribution < -0.4 is 0 Å². The fraction of sp³-hybridized carbons (Fsp3) is 0.154. The minimum Gasteiger partial charge on any atom is -0.512 e. The molecule has 0 fully saturated rings. The number of hydrogen-bond donors (Lipinski definition) is 2. The number of carbonyl (C=O) groups is 1. The molecule has 1 aliphatic rings. The number of aliphatic hydroxyl groups is 2. The summed E-state index contributed by atoms with van der Waals surface area (Å²) in [7, 11) is 0. The van der Waals surface area contributed by atoms with Crippen molar-refractivity contribution in [3.8, 4) is 0 Å². The van der Waals surface area contributed by atoms with Crippen molar-refractivity contribution >= 4 is 5.78 Å². The average Bonchev–Trinajstić information content (AvgIpc) is 2.29. The molecule has 0 aliphatic heterocycles. The molecule has 0 aromatic heterocycles. The summed E-state index contributed by atoms with van der Waals surface area (Å²) >= 11 is 0. The van der Waals surface area contributed by atoms with Gasteiger partial charge >= 0.3 is 0 Å². The van der Waals surface area contributed by atoms with Gasteiger partial charge in [-0.2, -0.15) is 0 Å². The second-order valence-electron chi connectivity index (χ2n) is 3.81. The van der Waals surface area contributed by atoms with E-state index in [9.17, 15) is 15.0 Å². The van der Waals surface area contributed by atoms with Crippen LogP contribution in [0.15, 0.2) is 54.3 Å². The van der Waals surface area contributed by atoms with Crippen LogP contribution in [-0.4, -0.2) is 21.6 Å². The molecule has 3 heteroatoms. The van der Waals surface area contributed by atoms with Crippen molar-refractivity contribution < 1.29 is 15.0 Å². The van der Waals surface area contributed by atoms with E-state index < -0.39 is 11.4 Å². The summed E-state index contributed by atoms with van der Waals surface area (Å²) < 4.78 is 0. The molecule has 1 aromatic rings. The van der Waals surface area contributed by atoms with Crippen molar-refractivity contribution in [2.24, 2.45) is 0 Å². The van der Waals surface area contributed by atoms with E-state index in [4.69, 9.17) is 0 Å². The highest BCUT2D eigenvalue weighted by atomic mass is 16.3. The zero-order chi connectivity index (χ0) is 11.6. The van der Waals surface area contributed by atoms with Crippen LogP contribution >= 0.6 is 0 Å². The summed E-state index contributed by atoms with van der Waals surface area (Å²) in [4.78, 5) is 12.0. The predicted molar refractivity (Wildman–Crippen MR) is 60.2 cm³/mol. The lowest BCUT2D eigenvalue weighted by atomic mass is 9.86. The molecule has 0 bridgehead atoms. The van der Waals surface area contributed by atoms with Crippen LogP contribution in [-0.2, 0) is 0 Å². The first kappa shape index (κ1) is 10.6. The minimum atomic E-state index is -1.62. The SMILES string of the molecule is O=C(c1ccccc1)C1(O)C=CC=C(O)C1. The standard InChI is InChI=1S/C13H12O3/c14-11-7-4-8-13(16,9-11)12(15)10-5-2-1-3-6-10/h1-8,14,16H,9H2. The molecule has 0 amide bonds. The molecule has 16 heavy (non-hydrogen) atoms. The average molecular weight is 216 g/mol. The third-order valence-corrected chi connectivity index (χ3v) is 2.54. The van der Waals surface area contributed by atoms with Gasteiger partial charge in [-0.25, -0.2) is 0 Å². The highest BCUT2D eigenvalue weighted by Gasteiger charge is 2.35. The van der Waals surface area contributed by atoms with Gasteiger partial charge in [0.2, 0.25) is 0 Å². The van der Waals surface area contributed by atoms with E-state index in [1.165, 1.54) is 18.2 Å². The zero-order valence-electron chi connectivity index (χ0n) is 8.63. The second kappa shape index (κ2) is 3.94. The van der Waals surface area contributed by atoms with Crippen molar-refractivity contribution in [3.63, 3.8) is 0 Å². The van der Waals surface area contributed by atoms with E-state index in [1.807, 2.05) is 0 Å². The molecular formula is C13H12O3. The zero-order valence-corrected chi connectivity index (χ0v) is 8.63. The molecule has 1 aliphatic carbocycles. The first-order chi connectivity index (χ1) is 7.62. The second-order valence-corrected chi connectivity index (χ2v) is 3.81. The van der Waals surface area contributed by atoms with Gasteiger partial charge in [-0.05, 0) is 12.2 Å². The normalized spacial score (nSPS) is 23.9. The first-order valence-electron chi connectivity index (χ1n) is 5.01. The number of aliphatic hydroxyl groups excluding tert-OH is 1. The summed E-state index contributed by atoms with van der Waals surface area (Å²) in [6.07, 6.45) is 4.28. The Bertz CT molecular complexity index is 459. The Kier molecular flexibility index (Phi) is 2.62. The predicted octanol–water partition coefficient (Wildman–Crippen LogP) is 2.00. The maximum absolute atomic E-state index is 12.0. The third kappa shape index (κ3) is 1.90. The number of ketones is 1. The topological polar surface area (TPSA) is 57.5 Å². The lowest BCUT2D eigenvalue weighted by Gasteiger charge is -2.24. The molecule has 0 saturated heterocycles. The summed E-state index contributed by atoms with van der Waals surface area (Å²) in [6.45, 7) is 0. The Balaban J connectivity index is 2.30. The number of hydrogen-bond acceptors (Lipinski definition) is 3. The van der Waals surface area contributed by atoms with E-state index in [-0.39, 0.29) is 12.2 Å². The molecule has 2 rings (SSSR count). The van der Waals surface area contributed by atoms with Gasteiger partial charge in [0, 0.05) is 12.0 Å². The maximum atomic E-state index is 12.0. The molecule has 1 atom stereocenters. The Hall–Kier alpha value is -1.87. The molecule has 0 saturated carbocycles. The van der Waals surface area contributed by atoms with Crippen LogP contribution in [0.1, 0.15) is 16.8 Å². The number of carbonyl (C=O) groups excluding carboxylic acids is 1. The van der Waals surface area contributed by atoms with Gasteiger partial charge in [0.25, 0.3) is 0 Å². The van der Waals surface area contributed by atoms with Crippen LogP contribution in [0.5, 0.6) is 0 Å². The van der Waals surface area contributed by atoms with Gasteiger partial charge in [-0.1, -0.05) is 36.4 Å². The van der Waals surface area contributed by atoms with Crippen LogP contribution in [0.25, 0.3) is 0 Å². The molecule has 2 N–H and O–H groups in total. The Morgan fingerprint density at radius 3 is 2.56 bits per heavy atom. The molecule has 1 unspecified atom stereocenters.